The molecular formula is C14H23N3. The van der Waals surface area contributed by atoms with Crippen molar-refractivity contribution in [2.75, 3.05) is 19.6 Å². The Balaban J connectivity index is 1.95. The van der Waals surface area contributed by atoms with E-state index in [0.29, 0.717) is 6.04 Å². The number of aryl methyl sites for hydroxylation is 1. The molecule has 0 bridgehead atoms. The zero-order valence-corrected chi connectivity index (χ0v) is 10.9. The minimum atomic E-state index is 0.646. The Kier molecular flexibility index (Phi) is 4.51. The van der Waals surface area contributed by atoms with Crippen LogP contribution in [0, 0.1) is 6.92 Å². The smallest absolute Gasteiger partial charge is 0.0315 e. The first kappa shape index (κ1) is 12.5. The lowest BCUT2D eigenvalue weighted by atomic mass is 10.1. The Bertz CT molecular complexity index is 351. The molecule has 0 amide bonds. The maximum Gasteiger partial charge on any atom is 0.0315 e. The summed E-state index contributed by atoms with van der Waals surface area (Å²) in [6.07, 6.45) is 6.36. The summed E-state index contributed by atoms with van der Waals surface area (Å²) in [5.41, 5.74) is 2.72. The molecule has 0 aliphatic carbocycles. The first-order valence-corrected chi connectivity index (χ1v) is 6.61. The molecule has 1 saturated heterocycles. The third-order valence-corrected chi connectivity index (χ3v) is 3.56. The van der Waals surface area contributed by atoms with Gasteiger partial charge in [0.25, 0.3) is 0 Å². The van der Waals surface area contributed by atoms with Crippen molar-refractivity contribution < 1.29 is 0 Å². The first-order valence-electron chi connectivity index (χ1n) is 6.61. The second-order valence-corrected chi connectivity index (χ2v) is 5.08. The molecule has 3 nitrogen and oxygen atoms in total. The maximum atomic E-state index is 4.23. The van der Waals surface area contributed by atoms with E-state index in [0.717, 1.165) is 13.1 Å². The summed E-state index contributed by atoms with van der Waals surface area (Å²) in [5, 5.41) is 3.54. The van der Waals surface area contributed by atoms with Crippen molar-refractivity contribution in [3.8, 4) is 0 Å². The van der Waals surface area contributed by atoms with Gasteiger partial charge < -0.3 is 5.32 Å². The van der Waals surface area contributed by atoms with E-state index in [1.807, 2.05) is 12.4 Å². The van der Waals surface area contributed by atoms with Crippen LogP contribution in [-0.2, 0) is 6.54 Å². The van der Waals surface area contributed by atoms with Gasteiger partial charge in [-0.2, -0.15) is 0 Å². The lowest BCUT2D eigenvalue weighted by molar-refractivity contribution is 0.229. The minimum Gasteiger partial charge on any atom is -0.314 e. The summed E-state index contributed by atoms with van der Waals surface area (Å²) in [4.78, 5) is 6.79. The molecule has 0 aromatic carbocycles. The molecule has 0 spiro atoms. The molecular weight excluding hydrogens is 210 g/mol. The van der Waals surface area contributed by atoms with Gasteiger partial charge >= 0.3 is 0 Å². The number of pyridine rings is 1. The van der Waals surface area contributed by atoms with Crippen LogP contribution < -0.4 is 5.32 Å². The van der Waals surface area contributed by atoms with Crippen molar-refractivity contribution in [1.82, 2.24) is 15.2 Å². The monoisotopic (exact) mass is 233 g/mol. The molecule has 1 N–H and O–H groups in total. The quantitative estimate of drug-likeness (QED) is 0.846. The first-order chi connectivity index (χ1) is 8.25. The molecule has 17 heavy (non-hydrogen) atoms. The van der Waals surface area contributed by atoms with E-state index >= 15 is 0 Å². The molecule has 1 aliphatic rings. The fourth-order valence-corrected chi connectivity index (χ4v) is 2.30. The van der Waals surface area contributed by atoms with Crippen molar-refractivity contribution >= 4 is 0 Å². The molecule has 1 aliphatic heterocycles. The van der Waals surface area contributed by atoms with Gasteiger partial charge in [-0.1, -0.05) is 0 Å². The van der Waals surface area contributed by atoms with E-state index in [1.54, 1.807) is 0 Å². The van der Waals surface area contributed by atoms with Crippen LogP contribution >= 0.6 is 0 Å². The SMILES string of the molecule is Cc1ccncc1CN1CCCNC(C)CC1. The third kappa shape index (κ3) is 3.79. The lowest BCUT2D eigenvalue weighted by Gasteiger charge is -2.28. The van der Waals surface area contributed by atoms with Crippen LogP contribution in [0.3, 0.4) is 0 Å². The molecule has 1 aromatic rings. The van der Waals surface area contributed by atoms with E-state index in [4.69, 9.17) is 0 Å². The van der Waals surface area contributed by atoms with E-state index in [-0.39, 0.29) is 0 Å². The van der Waals surface area contributed by atoms with Gasteiger partial charge in [0.15, 0.2) is 0 Å². The molecule has 3 heteroatoms. The summed E-state index contributed by atoms with van der Waals surface area (Å²) in [6.45, 7) is 9.01. The number of nitrogens with zero attached hydrogens (tertiary/aromatic N) is 2. The van der Waals surface area contributed by atoms with Gasteiger partial charge in [-0.25, -0.2) is 0 Å². The number of aromatic nitrogens is 1. The molecule has 1 aromatic heterocycles. The molecule has 1 fully saturated rings. The summed E-state index contributed by atoms with van der Waals surface area (Å²) < 4.78 is 0. The van der Waals surface area contributed by atoms with Crippen LogP contribution in [0.2, 0.25) is 0 Å². The van der Waals surface area contributed by atoms with Gasteiger partial charge in [-0.05, 0) is 63.5 Å². The number of hydrogen-bond donors (Lipinski definition) is 1. The lowest BCUT2D eigenvalue weighted by Crippen LogP contribution is -2.38. The predicted molar refractivity (Wildman–Crippen MR) is 70.9 cm³/mol. The zero-order chi connectivity index (χ0) is 12.1. The molecule has 2 heterocycles. The van der Waals surface area contributed by atoms with E-state index in [9.17, 15) is 0 Å². The van der Waals surface area contributed by atoms with Crippen molar-refractivity contribution in [2.45, 2.75) is 39.3 Å². The minimum absolute atomic E-state index is 0.646. The average molecular weight is 233 g/mol. The Hall–Kier alpha value is -0.930. The Morgan fingerprint density at radius 2 is 2.35 bits per heavy atom. The van der Waals surface area contributed by atoms with Crippen molar-refractivity contribution in [2.24, 2.45) is 0 Å². The summed E-state index contributed by atoms with van der Waals surface area (Å²) >= 11 is 0. The van der Waals surface area contributed by atoms with Crippen molar-refractivity contribution in [1.29, 1.82) is 0 Å². The van der Waals surface area contributed by atoms with Gasteiger partial charge in [0.05, 0.1) is 0 Å². The predicted octanol–water partition coefficient (Wildman–Crippen LogP) is 1.96. The van der Waals surface area contributed by atoms with Gasteiger partial charge in [-0.15, -0.1) is 0 Å². The number of nitrogens with one attached hydrogen (secondary N) is 1. The third-order valence-electron chi connectivity index (χ3n) is 3.56. The van der Waals surface area contributed by atoms with Crippen LogP contribution in [0.1, 0.15) is 30.9 Å². The van der Waals surface area contributed by atoms with Crippen LogP contribution in [0.4, 0.5) is 0 Å². The highest BCUT2D eigenvalue weighted by Gasteiger charge is 2.12. The fourth-order valence-electron chi connectivity index (χ4n) is 2.30. The fraction of sp³-hybridized carbons (Fsp3) is 0.643. The van der Waals surface area contributed by atoms with Crippen LogP contribution in [0.5, 0.6) is 0 Å². The summed E-state index contributed by atoms with van der Waals surface area (Å²) in [5.74, 6) is 0. The standard InChI is InChI=1S/C14H23N3/c1-12-4-7-15-10-14(12)11-17-8-3-6-16-13(2)5-9-17/h4,7,10,13,16H,3,5-6,8-9,11H2,1-2H3. The highest BCUT2D eigenvalue weighted by molar-refractivity contribution is 5.21. The van der Waals surface area contributed by atoms with E-state index in [1.165, 1.54) is 37.1 Å². The topological polar surface area (TPSA) is 28.2 Å². The highest BCUT2D eigenvalue weighted by Crippen LogP contribution is 2.11. The maximum absolute atomic E-state index is 4.23. The van der Waals surface area contributed by atoms with E-state index < -0.39 is 0 Å². The molecule has 2 rings (SSSR count). The Labute approximate surface area is 104 Å². The normalized spacial score (nSPS) is 23.1. The molecule has 1 atom stereocenters. The Morgan fingerprint density at radius 3 is 3.18 bits per heavy atom. The molecule has 0 radical (unpaired) electrons. The number of hydrogen-bond acceptors (Lipinski definition) is 3. The Morgan fingerprint density at radius 1 is 1.47 bits per heavy atom. The zero-order valence-electron chi connectivity index (χ0n) is 10.9. The second-order valence-electron chi connectivity index (χ2n) is 5.08. The molecule has 94 valence electrons. The van der Waals surface area contributed by atoms with Crippen LogP contribution in [-0.4, -0.2) is 35.6 Å². The second kappa shape index (κ2) is 6.12. The molecule has 1 unspecified atom stereocenters. The summed E-state index contributed by atoms with van der Waals surface area (Å²) in [6, 6.07) is 2.75. The van der Waals surface area contributed by atoms with Gasteiger partial charge in [0, 0.05) is 25.0 Å². The highest BCUT2D eigenvalue weighted by atomic mass is 15.1. The van der Waals surface area contributed by atoms with Crippen LogP contribution in [0.15, 0.2) is 18.5 Å². The van der Waals surface area contributed by atoms with Gasteiger partial charge in [0.1, 0.15) is 0 Å². The summed E-state index contributed by atoms with van der Waals surface area (Å²) in [7, 11) is 0. The average Bonchev–Trinajstić information content (AvgIpc) is 2.31. The van der Waals surface area contributed by atoms with Crippen LogP contribution in [0.25, 0.3) is 0 Å². The molecule has 0 saturated carbocycles. The van der Waals surface area contributed by atoms with Crippen molar-refractivity contribution in [3.05, 3.63) is 29.6 Å². The number of rotatable bonds is 2. The largest absolute Gasteiger partial charge is 0.314 e. The van der Waals surface area contributed by atoms with E-state index in [2.05, 4.69) is 35.1 Å². The van der Waals surface area contributed by atoms with Gasteiger partial charge in [0.2, 0.25) is 0 Å². The van der Waals surface area contributed by atoms with Gasteiger partial charge in [-0.3, -0.25) is 9.88 Å². The van der Waals surface area contributed by atoms with Crippen molar-refractivity contribution in [3.63, 3.8) is 0 Å².